The molecule has 27 heavy (non-hydrogen) atoms. The second-order valence-corrected chi connectivity index (χ2v) is 7.09. The normalized spacial score (nSPS) is 18.4. The summed E-state index contributed by atoms with van der Waals surface area (Å²) in [7, 11) is 0. The van der Waals surface area contributed by atoms with Crippen molar-refractivity contribution in [1.29, 1.82) is 0 Å². The van der Waals surface area contributed by atoms with E-state index in [9.17, 15) is 9.59 Å². The van der Waals surface area contributed by atoms with Gasteiger partial charge in [0.2, 0.25) is 6.79 Å². The van der Waals surface area contributed by atoms with Gasteiger partial charge in [0.15, 0.2) is 17.6 Å². The van der Waals surface area contributed by atoms with Crippen LogP contribution in [0.5, 0.6) is 17.2 Å². The van der Waals surface area contributed by atoms with Gasteiger partial charge < -0.3 is 24.3 Å². The predicted molar refractivity (Wildman–Crippen MR) is 97.9 cm³/mol. The highest BCUT2D eigenvalue weighted by Gasteiger charge is 2.37. The average Bonchev–Trinajstić information content (AvgIpc) is 3.10. The van der Waals surface area contributed by atoms with Crippen molar-refractivity contribution in [3.05, 3.63) is 18.2 Å². The molecule has 0 spiro atoms. The number of esters is 1. The summed E-state index contributed by atoms with van der Waals surface area (Å²) in [5.41, 5.74) is -0.548. The zero-order valence-electron chi connectivity index (χ0n) is 15.9. The number of ether oxygens (including phenoxy) is 4. The highest BCUT2D eigenvalue weighted by Crippen LogP contribution is 2.35. The lowest BCUT2D eigenvalue weighted by atomic mass is 9.79. The minimum absolute atomic E-state index is 0.186. The van der Waals surface area contributed by atoms with Gasteiger partial charge in [0.05, 0.1) is 18.6 Å². The molecule has 0 radical (unpaired) electrons. The number of carbonyl (C=O) groups excluding carboxylic acids is 2. The van der Waals surface area contributed by atoms with Gasteiger partial charge in [0.25, 0.3) is 5.91 Å². The zero-order chi connectivity index (χ0) is 19.3. The van der Waals surface area contributed by atoms with E-state index in [1.165, 1.54) is 0 Å². The molecule has 7 nitrogen and oxygen atoms in total. The Morgan fingerprint density at radius 3 is 2.67 bits per heavy atom. The van der Waals surface area contributed by atoms with Crippen LogP contribution < -0.4 is 19.5 Å². The number of benzene rings is 1. The van der Waals surface area contributed by atoms with E-state index < -0.39 is 11.6 Å². The number of fused-ring (bicyclic) bond motifs is 1. The molecule has 0 saturated heterocycles. The Kier molecular flexibility index (Phi) is 6.08. The standard InChI is InChI=1S/C20H27NO6/c1-3-24-18(22)12-20(9-5-4-6-10-20)21-19(23)14(2)27-15-7-8-16-17(11-15)26-13-25-16/h7-8,11,14H,3-6,9-10,12-13H2,1-2H3,(H,21,23). The number of amides is 1. The molecule has 1 aromatic rings. The van der Waals surface area contributed by atoms with Crippen LogP contribution in [0.25, 0.3) is 0 Å². The lowest BCUT2D eigenvalue weighted by molar-refractivity contribution is -0.146. The molecule has 1 unspecified atom stereocenters. The minimum atomic E-state index is -0.702. The van der Waals surface area contributed by atoms with Crippen LogP contribution >= 0.6 is 0 Å². The Balaban J connectivity index is 1.63. The lowest BCUT2D eigenvalue weighted by Gasteiger charge is -2.38. The molecule has 148 valence electrons. The van der Waals surface area contributed by atoms with E-state index in [0.29, 0.717) is 23.9 Å². The van der Waals surface area contributed by atoms with Crippen molar-refractivity contribution in [3.63, 3.8) is 0 Å². The van der Waals surface area contributed by atoms with E-state index in [1.54, 1.807) is 32.0 Å². The summed E-state index contributed by atoms with van der Waals surface area (Å²) in [6, 6.07) is 5.21. The van der Waals surface area contributed by atoms with Gasteiger partial charge in [-0.1, -0.05) is 19.3 Å². The number of carbonyl (C=O) groups is 2. The first-order valence-electron chi connectivity index (χ1n) is 9.55. The summed E-state index contributed by atoms with van der Waals surface area (Å²) < 4.78 is 21.5. The monoisotopic (exact) mass is 377 g/mol. The first-order valence-corrected chi connectivity index (χ1v) is 9.55. The fraction of sp³-hybridized carbons (Fsp3) is 0.600. The SMILES string of the molecule is CCOC(=O)CC1(NC(=O)C(C)Oc2ccc3c(c2)OCO3)CCCCC1. The Bertz CT molecular complexity index is 683. The molecule has 1 N–H and O–H groups in total. The highest BCUT2D eigenvalue weighted by atomic mass is 16.7. The van der Waals surface area contributed by atoms with Crippen molar-refractivity contribution in [2.75, 3.05) is 13.4 Å². The van der Waals surface area contributed by atoms with Crippen molar-refractivity contribution in [3.8, 4) is 17.2 Å². The van der Waals surface area contributed by atoms with Crippen LogP contribution in [0, 0.1) is 0 Å². The molecule has 1 aromatic carbocycles. The molecule has 0 bridgehead atoms. The van der Waals surface area contributed by atoms with Crippen LogP contribution in [0.15, 0.2) is 18.2 Å². The lowest BCUT2D eigenvalue weighted by Crippen LogP contribution is -2.54. The van der Waals surface area contributed by atoms with Crippen molar-refractivity contribution < 1.29 is 28.5 Å². The van der Waals surface area contributed by atoms with Crippen molar-refractivity contribution in [2.24, 2.45) is 0 Å². The van der Waals surface area contributed by atoms with Gasteiger partial charge in [-0.05, 0) is 38.8 Å². The molecule has 1 aliphatic heterocycles. The van der Waals surface area contributed by atoms with Gasteiger partial charge in [-0.2, -0.15) is 0 Å². The van der Waals surface area contributed by atoms with E-state index >= 15 is 0 Å². The maximum atomic E-state index is 12.7. The summed E-state index contributed by atoms with van der Waals surface area (Å²) >= 11 is 0. The van der Waals surface area contributed by atoms with E-state index in [2.05, 4.69) is 5.32 Å². The van der Waals surface area contributed by atoms with Gasteiger partial charge in [-0.15, -0.1) is 0 Å². The number of rotatable bonds is 7. The second-order valence-electron chi connectivity index (χ2n) is 7.09. The van der Waals surface area contributed by atoms with Gasteiger partial charge in [0.1, 0.15) is 5.75 Å². The van der Waals surface area contributed by atoms with Crippen LogP contribution in [-0.2, 0) is 14.3 Å². The molecule has 1 amide bonds. The molecule has 1 heterocycles. The van der Waals surface area contributed by atoms with Crippen molar-refractivity contribution in [1.82, 2.24) is 5.32 Å². The van der Waals surface area contributed by atoms with Crippen LogP contribution in [0.3, 0.4) is 0 Å². The fourth-order valence-electron chi connectivity index (χ4n) is 3.63. The van der Waals surface area contributed by atoms with Gasteiger partial charge >= 0.3 is 5.97 Å². The summed E-state index contributed by atoms with van der Waals surface area (Å²) in [4.78, 5) is 24.8. The Hall–Kier alpha value is -2.44. The van der Waals surface area contributed by atoms with Crippen LogP contribution in [0.4, 0.5) is 0 Å². The number of hydrogen-bond donors (Lipinski definition) is 1. The first-order chi connectivity index (χ1) is 13.0. The topological polar surface area (TPSA) is 83.1 Å². The molecular formula is C20H27NO6. The maximum absolute atomic E-state index is 12.7. The molecule has 0 aromatic heterocycles. The summed E-state index contributed by atoms with van der Waals surface area (Å²) in [6.45, 7) is 4.00. The van der Waals surface area contributed by atoms with E-state index in [1.807, 2.05) is 0 Å². The molecule has 2 aliphatic rings. The summed E-state index contributed by atoms with van der Waals surface area (Å²) in [5.74, 6) is 1.29. The Labute approximate surface area is 159 Å². The van der Waals surface area contributed by atoms with Gasteiger partial charge in [0, 0.05) is 6.07 Å². The maximum Gasteiger partial charge on any atom is 0.308 e. The Morgan fingerprint density at radius 1 is 1.19 bits per heavy atom. The third-order valence-corrected chi connectivity index (χ3v) is 5.01. The molecule has 7 heteroatoms. The van der Waals surface area contributed by atoms with Crippen LogP contribution in [0.2, 0.25) is 0 Å². The van der Waals surface area contributed by atoms with Crippen molar-refractivity contribution >= 4 is 11.9 Å². The van der Waals surface area contributed by atoms with Gasteiger partial charge in [-0.25, -0.2) is 0 Å². The third kappa shape index (κ3) is 4.84. The third-order valence-electron chi connectivity index (χ3n) is 5.01. The predicted octanol–water partition coefficient (Wildman–Crippen LogP) is 2.95. The number of hydrogen-bond acceptors (Lipinski definition) is 6. The largest absolute Gasteiger partial charge is 0.481 e. The molecule has 1 saturated carbocycles. The minimum Gasteiger partial charge on any atom is -0.481 e. The van der Waals surface area contributed by atoms with Gasteiger partial charge in [-0.3, -0.25) is 9.59 Å². The summed E-state index contributed by atoms with van der Waals surface area (Å²) in [5, 5.41) is 3.07. The quantitative estimate of drug-likeness (QED) is 0.736. The fourth-order valence-corrected chi connectivity index (χ4v) is 3.63. The second kappa shape index (κ2) is 8.50. The molecule has 3 rings (SSSR count). The first kappa shape index (κ1) is 19.3. The molecule has 1 fully saturated rings. The highest BCUT2D eigenvalue weighted by molar-refractivity contribution is 5.82. The van der Waals surface area contributed by atoms with E-state index in [4.69, 9.17) is 18.9 Å². The molecular weight excluding hydrogens is 350 g/mol. The van der Waals surface area contributed by atoms with Crippen LogP contribution in [-0.4, -0.2) is 36.9 Å². The van der Waals surface area contributed by atoms with Crippen molar-refractivity contribution in [2.45, 2.75) is 64.0 Å². The molecule has 1 atom stereocenters. The Morgan fingerprint density at radius 2 is 1.93 bits per heavy atom. The molecule has 1 aliphatic carbocycles. The zero-order valence-corrected chi connectivity index (χ0v) is 15.9. The average molecular weight is 377 g/mol. The van der Waals surface area contributed by atoms with E-state index in [0.717, 1.165) is 32.1 Å². The van der Waals surface area contributed by atoms with Crippen LogP contribution in [0.1, 0.15) is 52.4 Å². The summed E-state index contributed by atoms with van der Waals surface area (Å²) in [6.07, 6.45) is 4.12. The number of nitrogens with one attached hydrogen (secondary N) is 1. The van der Waals surface area contributed by atoms with E-state index in [-0.39, 0.29) is 25.1 Å². The smallest absolute Gasteiger partial charge is 0.308 e.